The van der Waals surface area contributed by atoms with Crippen LogP contribution in [0.25, 0.3) is 10.4 Å². The lowest BCUT2D eigenvalue weighted by Crippen LogP contribution is -1.83. The van der Waals surface area contributed by atoms with Crippen molar-refractivity contribution in [3.63, 3.8) is 0 Å². The van der Waals surface area contributed by atoms with Crippen molar-refractivity contribution in [3.05, 3.63) is 29.2 Å². The van der Waals surface area contributed by atoms with Crippen LogP contribution in [0.5, 0.6) is 0 Å². The molecule has 0 amide bonds. The van der Waals surface area contributed by atoms with Gasteiger partial charge in [-0.3, -0.25) is 4.68 Å². The van der Waals surface area contributed by atoms with Gasteiger partial charge in [-0.15, -0.1) is 11.3 Å². The van der Waals surface area contributed by atoms with Crippen molar-refractivity contribution in [1.82, 2.24) is 9.78 Å². The second-order valence-corrected chi connectivity index (χ2v) is 4.96. The van der Waals surface area contributed by atoms with E-state index in [0.29, 0.717) is 0 Å². The summed E-state index contributed by atoms with van der Waals surface area (Å²) in [6, 6.07) is 1.59. The number of halogens is 1. The molecule has 0 saturated heterocycles. The molecule has 4 heteroatoms. The Balaban J connectivity index is 2.42. The quantitative estimate of drug-likeness (QED) is 0.764. The van der Waals surface area contributed by atoms with Gasteiger partial charge in [-0.25, -0.2) is 4.39 Å². The van der Waals surface area contributed by atoms with Crippen LogP contribution in [0.4, 0.5) is 4.39 Å². The molecule has 2 aromatic rings. The van der Waals surface area contributed by atoms with E-state index < -0.39 is 0 Å². The van der Waals surface area contributed by atoms with Crippen LogP contribution in [0, 0.1) is 5.82 Å². The van der Waals surface area contributed by atoms with Crippen LogP contribution in [0.3, 0.4) is 0 Å². The number of aryl methyl sites for hydroxylation is 1. The summed E-state index contributed by atoms with van der Waals surface area (Å²) in [6.45, 7) is 4.00. The van der Waals surface area contributed by atoms with Gasteiger partial charge in [0.25, 0.3) is 0 Å². The zero-order valence-electron chi connectivity index (χ0n) is 8.99. The number of aromatic nitrogens is 2. The van der Waals surface area contributed by atoms with E-state index in [-0.39, 0.29) is 11.7 Å². The number of thiophene rings is 1. The van der Waals surface area contributed by atoms with Crippen molar-refractivity contribution >= 4 is 11.3 Å². The first-order valence-electron chi connectivity index (χ1n) is 4.86. The van der Waals surface area contributed by atoms with Crippen molar-refractivity contribution in [2.45, 2.75) is 19.8 Å². The molecule has 0 aliphatic heterocycles. The van der Waals surface area contributed by atoms with E-state index >= 15 is 0 Å². The van der Waals surface area contributed by atoms with Gasteiger partial charge in [0.2, 0.25) is 0 Å². The Morgan fingerprint density at radius 3 is 2.67 bits per heavy atom. The summed E-state index contributed by atoms with van der Waals surface area (Å²) in [6.07, 6.45) is 3.66. The molecule has 2 aromatic heterocycles. The highest BCUT2D eigenvalue weighted by molar-refractivity contribution is 7.15. The first-order chi connectivity index (χ1) is 7.08. The molecule has 0 spiro atoms. The summed E-state index contributed by atoms with van der Waals surface area (Å²) in [5.74, 6) is 0.134. The second-order valence-electron chi connectivity index (χ2n) is 3.88. The Morgan fingerprint density at radius 1 is 1.47 bits per heavy atom. The van der Waals surface area contributed by atoms with Gasteiger partial charge in [0.05, 0.1) is 6.20 Å². The monoisotopic (exact) mass is 224 g/mol. The Kier molecular flexibility index (Phi) is 2.61. The van der Waals surface area contributed by atoms with Crippen molar-refractivity contribution in [3.8, 4) is 10.4 Å². The van der Waals surface area contributed by atoms with Crippen LogP contribution >= 0.6 is 11.3 Å². The van der Waals surface area contributed by atoms with Crippen molar-refractivity contribution < 1.29 is 4.39 Å². The SMILES string of the molecule is CC(C)c1sc(-c2cnn(C)c2)cc1F. The highest BCUT2D eigenvalue weighted by Gasteiger charge is 2.13. The largest absolute Gasteiger partial charge is 0.275 e. The maximum atomic E-state index is 13.5. The molecule has 0 saturated carbocycles. The lowest BCUT2D eigenvalue weighted by molar-refractivity contribution is 0.609. The summed E-state index contributed by atoms with van der Waals surface area (Å²) in [5, 5.41) is 4.08. The van der Waals surface area contributed by atoms with E-state index in [4.69, 9.17) is 0 Å². The summed E-state index contributed by atoms with van der Waals surface area (Å²) in [7, 11) is 1.86. The molecule has 0 radical (unpaired) electrons. The third-order valence-electron chi connectivity index (χ3n) is 2.23. The van der Waals surface area contributed by atoms with Crippen LogP contribution in [0.1, 0.15) is 24.6 Å². The average molecular weight is 224 g/mol. The Labute approximate surface area is 92.4 Å². The standard InChI is InChI=1S/C11H13FN2S/c1-7(2)11-9(12)4-10(15-11)8-5-13-14(3)6-8/h4-7H,1-3H3. The predicted octanol–water partition coefficient (Wildman–Crippen LogP) is 3.41. The lowest BCUT2D eigenvalue weighted by Gasteiger charge is -1.98. The number of hydrogen-bond donors (Lipinski definition) is 0. The molecule has 15 heavy (non-hydrogen) atoms. The van der Waals surface area contributed by atoms with Crippen LogP contribution in [0.15, 0.2) is 18.5 Å². The molecule has 0 fully saturated rings. The molecule has 0 unspecified atom stereocenters. The van der Waals surface area contributed by atoms with Crippen molar-refractivity contribution in [2.75, 3.05) is 0 Å². The average Bonchev–Trinajstić information content (AvgIpc) is 2.71. The van der Waals surface area contributed by atoms with Gasteiger partial charge in [-0.2, -0.15) is 5.10 Å². The number of nitrogens with zero attached hydrogens (tertiary/aromatic N) is 2. The van der Waals surface area contributed by atoms with E-state index in [1.165, 1.54) is 11.3 Å². The molecule has 0 aliphatic rings. The summed E-state index contributed by atoms with van der Waals surface area (Å²) in [4.78, 5) is 1.76. The Hall–Kier alpha value is -1.16. The lowest BCUT2D eigenvalue weighted by atomic mass is 10.2. The van der Waals surface area contributed by atoms with Gasteiger partial charge in [-0.1, -0.05) is 13.8 Å². The van der Waals surface area contributed by atoms with Gasteiger partial charge in [0, 0.05) is 28.6 Å². The fourth-order valence-corrected chi connectivity index (χ4v) is 2.48. The minimum atomic E-state index is -0.103. The van der Waals surface area contributed by atoms with Crippen molar-refractivity contribution in [2.24, 2.45) is 7.05 Å². The van der Waals surface area contributed by atoms with E-state index in [9.17, 15) is 4.39 Å². The third kappa shape index (κ3) is 1.95. The Bertz CT molecular complexity index is 471. The first kappa shape index (κ1) is 10.4. The third-order valence-corrected chi connectivity index (χ3v) is 3.69. The number of hydrogen-bond acceptors (Lipinski definition) is 2. The molecule has 80 valence electrons. The maximum Gasteiger partial charge on any atom is 0.137 e. The second kappa shape index (κ2) is 3.77. The Morgan fingerprint density at radius 2 is 2.20 bits per heavy atom. The van der Waals surface area contributed by atoms with Crippen molar-refractivity contribution in [1.29, 1.82) is 0 Å². The fraction of sp³-hybridized carbons (Fsp3) is 0.364. The minimum absolute atomic E-state index is 0.103. The van der Waals surface area contributed by atoms with E-state index in [1.807, 2.05) is 27.1 Å². The fourth-order valence-electron chi connectivity index (χ4n) is 1.47. The van der Waals surface area contributed by atoms with E-state index in [2.05, 4.69) is 5.10 Å². The summed E-state index contributed by atoms with van der Waals surface area (Å²) < 4.78 is 15.3. The zero-order chi connectivity index (χ0) is 11.0. The molecule has 2 heterocycles. The van der Waals surface area contributed by atoms with E-state index in [1.54, 1.807) is 16.9 Å². The first-order valence-corrected chi connectivity index (χ1v) is 5.68. The van der Waals surface area contributed by atoms with Crippen LogP contribution in [-0.4, -0.2) is 9.78 Å². The van der Waals surface area contributed by atoms with Gasteiger partial charge < -0.3 is 0 Å². The van der Waals surface area contributed by atoms with Gasteiger partial charge in [0.1, 0.15) is 5.82 Å². The van der Waals surface area contributed by atoms with Gasteiger partial charge in [0.15, 0.2) is 0 Å². The van der Waals surface area contributed by atoms with Crippen LogP contribution in [-0.2, 0) is 7.05 Å². The minimum Gasteiger partial charge on any atom is -0.275 e. The highest BCUT2D eigenvalue weighted by atomic mass is 32.1. The molecule has 2 rings (SSSR count). The molecular weight excluding hydrogens is 211 g/mol. The van der Waals surface area contributed by atoms with Crippen LogP contribution in [0.2, 0.25) is 0 Å². The zero-order valence-corrected chi connectivity index (χ0v) is 9.81. The van der Waals surface area contributed by atoms with Gasteiger partial charge >= 0.3 is 0 Å². The molecule has 0 aliphatic carbocycles. The van der Waals surface area contributed by atoms with Crippen LogP contribution < -0.4 is 0 Å². The summed E-state index contributed by atoms with van der Waals surface area (Å²) in [5.41, 5.74) is 0.980. The van der Waals surface area contributed by atoms with Gasteiger partial charge in [-0.05, 0) is 12.0 Å². The highest BCUT2D eigenvalue weighted by Crippen LogP contribution is 2.34. The molecule has 2 nitrogen and oxygen atoms in total. The molecule has 0 N–H and O–H groups in total. The molecule has 0 bridgehead atoms. The smallest absolute Gasteiger partial charge is 0.137 e. The number of rotatable bonds is 2. The topological polar surface area (TPSA) is 17.8 Å². The van der Waals surface area contributed by atoms with E-state index in [0.717, 1.165) is 15.3 Å². The maximum absolute atomic E-state index is 13.5. The predicted molar refractivity (Wildman–Crippen MR) is 60.6 cm³/mol. The molecule has 0 aromatic carbocycles. The summed E-state index contributed by atoms with van der Waals surface area (Å²) >= 11 is 1.51. The molecular formula is C11H13FN2S. The molecule has 0 atom stereocenters. The normalized spacial score (nSPS) is 11.3.